The Balaban J connectivity index is 1.44. The second kappa shape index (κ2) is 6.93. The van der Waals surface area contributed by atoms with Crippen LogP contribution in [0.15, 0.2) is 24.4 Å². The molecule has 0 amide bonds. The Morgan fingerprint density at radius 2 is 2.07 bits per heavy atom. The zero-order valence-electron chi connectivity index (χ0n) is 15.4. The third-order valence-electron chi connectivity index (χ3n) is 4.94. The Kier molecular flexibility index (Phi) is 4.29. The molecule has 2 aromatic rings. The molecule has 1 saturated carbocycles. The van der Waals surface area contributed by atoms with Crippen LogP contribution in [0.2, 0.25) is 5.15 Å². The largest absolute Gasteiger partial charge is 0.487 e. The molecule has 0 unspecified atom stereocenters. The van der Waals surface area contributed by atoms with E-state index in [1.165, 1.54) is 6.07 Å². The lowest BCUT2D eigenvalue weighted by molar-refractivity contribution is 0.163. The summed E-state index contributed by atoms with van der Waals surface area (Å²) in [5.74, 6) is -1.17. The Bertz CT molecular complexity index is 955. The number of benzene rings is 1. The smallest absolute Gasteiger partial charge is 0.171 e. The van der Waals surface area contributed by atoms with E-state index in [4.69, 9.17) is 17.7 Å². The van der Waals surface area contributed by atoms with Crippen LogP contribution in [0.1, 0.15) is 32.7 Å². The lowest BCUT2D eigenvalue weighted by atomic mass is 10.1. The first kappa shape index (κ1) is 16.7. The molecule has 1 aromatic carbocycles. The molecule has 1 saturated heterocycles. The molecule has 27 heavy (non-hydrogen) atoms. The summed E-state index contributed by atoms with van der Waals surface area (Å²) in [5, 5.41) is 9.50. The Hall–Kier alpha value is -2.46. The van der Waals surface area contributed by atoms with Crippen LogP contribution in [0.3, 0.4) is 0 Å². The van der Waals surface area contributed by atoms with Gasteiger partial charge in [-0.05, 0) is 25.0 Å². The van der Waals surface area contributed by atoms with Gasteiger partial charge in [0.1, 0.15) is 17.3 Å². The van der Waals surface area contributed by atoms with Crippen molar-refractivity contribution < 1.29 is 14.9 Å². The third-order valence-corrected chi connectivity index (χ3v) is 5.19. The van der Waals surface area contributed by atoms with Crippen molar-refractivity contribution in [2.75, 3.05) is 18.0 Å². The fourth-order valence-electron chi connectivity index (χ4n) is 3.14. The van der Waals surface area contributed by atoms with E-state index in [0.29, 0.717) is 24.6 Å². The predicted molar refractivity (Wildman–Crippen MR) is 95.8 cm³/mol. The summed E-state index contributed by atoms with van der Waals surface area (Å²) < 4.78 is 40.8. The molecule has 0 spiro atoms. The molecule has 4 rings (SSSR count). The highest BCUT2D eigenvalue weighted by Gasteiger charge is 2.47. The molecule has 0 bridgehead atoms. The fourth-order valence-corrected chi connectivity index (χ4v) is 3.40. The van der Waals surface area contributed by atoms with Gasteiger partial charge in [-0.15, -0.1) is 0 Å². The topological polar surface area (TPSA) is 62.0 Å². The van der Waals surface area contributed by atoms with Crippen LogP contribution in [0, 0.1) is 23.0 Å². The lowest BCUT2D eigenvalue weighted by Gasteiger charge is -2.33. The summed E-state index contributed by atoms with van der Waals surface area (Å²) in [4.78, 5) is 10.6. The van der Waals surface area contributed by atoms with Crippen LogP contribution in [-0.2, 0) is 5.41 Å². The van der Waals surface area contributed by atoms with Crippen LogP contribution in [0.25, 0.3) is 0 Å². The number of ether oxygens (including phenoxy) is 1. The van der Waals surface area contributed by atoms with Crippen LogP contribution in [0.5, 0.6) is 5.75 Å². The highest BCUT2D eigenvalue weighted by molar-refractivity contribution is 6.31. The van der Waals surface area contributed by atoms with E-state index < -0.39 is 23.1 Å². The quantitative estimate of drug-likeness (QED) is 0.788. The minimum absolute atomic E-state index is 0.140. The van der Waals surface area contributed by atoms with Gasteiger partial charge in [-0.25, -0.2) is 18.7 Å². The van der Waals surface area contributed by atoms with Crippen LogP contribution in [0.4, 0.5) is 14.6 Å². The lowest BCUT2D eigenvalue weighted by Crippen LogP contribution is -2.39. The van der Waals surface area contributed by atoms with Crippen LogP contribution < -0.4 is 9.64 Å². The molecule has 0 atom stereocenters. The van der Waals surface area contributed by atoms with Gasteiger partial charge in [-0.3, -0.25) is 0 Å². The fraction of sp³-hybridized carbons (Fsp3) is 0.421. The van der Waals surface area contributed by atoms with Crippen molar-refractivity contribution in [1.82, 2.24) is 9.97 Å². The molecule has 1 aliphatic carbocycles. The van der Waals surface area contributed by atoms with E-state index in [0.717, 1.165) is 25.0 Å². The van der Waals surface area contributed by atoms with E-state index in [1.54, 1.807) is 6.20 Å². The molecule has 0 radical (unpaired) electrons. The molecule has 2 heterocycles. The molecule has 5 nitrogen and oxygen atoms in total. The average molecular weight is 392 g/mol. The maximum absolute atomic E-state index is 13.8. The van der Waals surface area contributed by atoms with Crippen molar-refractivity contribution in [2.45, 2.75) is 37.2 Å². The monoisotopic (exact) mass is 391 g/mol. The van der Waals surface area contributed by atoms with Gasteiger partial charge in [0.2, 0.25) is 0 Å². The van der Waals surface area contributed by atoms with Crippen molar-refractivity contribution in [3.63, 3.8) is 0 Å². The number of piperidine rings is 1. The number of halogens is 3. The number of aromatic nitrogens is 2. The van der Waals surface area contributed by atoms with E-state index in [-0.39, 0.29) is 23.7 Å². The Morgan fingerprint density at radius 3 is 2.67 bits per heavy atom. The van der Waals surface area contributed by atoms with Crippen molar-refractivity contribution in [2.24, 2.45) is 0 Å². The first-order chi connectivity index (χ1) is 13.3. The number of anilines is 1. The summed E-state index contributed by atoms with van der Waals surface area (Å²) in [6.45, 7) is 0.840. The minimum Gasteiger partial charge on any atom is -0.487 e. The number of nitriles is 1. The Labute approximate surface area is 162 Å². The zero-order valence-corrected chi connectivity index (χ0v) is 15.1. The van der Waals surface area contributed by atoms with Gasteiger partial charge in [-0.1, -0.05) is 11.6 Å². The molecule has 0 N–H and O–H groups in total. The summed E-state index contributed by atoms with van der Waals surface area (Å²) in [6.07, 6.45) is 2.35. The number of rotatable bonds is 4. The second-order valence-electron chi connectivity index (χ2n) is 6.77. The molecular formula is C19H17ClF2N4O. The van der Waals surface area contributed by atoms with E-state index in [9.17, 15) is 14.0 Å². The third kappa shape index (κ3) is 3.54. The molecule has 8 heteroatoms. The van der Waals surface area contributed by atoms with Gasteiger partial charge in [0.15, 0.2) is 22.5 Å². The van der Waals surface area contributed by atoms with Gasteiger partial charge in [-0.2, -0.15) is 5.26 Å². The average Bonchev–Trinajstić information content (AvgIpc) is 3.46. The van der Waals surface area contributed by atoms with Crippen molar-refractivity contribution in [1.29, 1.82) is 5.26 Å². The van der Waals surface area contributed by atoms with Crippen molar-refractivity contribution in [3.05, 3.63) is 46.9 Å². The van der Waals surface area contributed by atoms with Gasteiger partial charge in [0.25, 0.3) is 0 Å². The van der Waals surface area contributed by atoms with Crippen LogP contribution in [-0.4, -0.2) is 29.1 Å². The molecule has 2 aliphatic rings. The van der Waals surface area contributed by atoms with Gasteiger partial charge in [0, 0.05) is 32.0 Å². The summed E-state index contributed by atoms with van der Waals surface area (Å²) in [6, 6.07) is 5.29. The van der Waals surface area contributed by atoms with Gasteiger partial charge in [0.05, 0.1) is 19.3 Å². The van der Waals surface area contributed by atoms with Gasteiger partial charge < -0.3 is 9.64 Å². The van der Waals surface area contributed by atoms with Crippen molar-refractivity contribution >= 4 is 17.4 Å². The standard InChI is InChI=1S/C19H17ClF2N4O/c20-17-18(24-10-16(25-17)19(11-23)5-6-19)26-7-3-13(4-8-26)27-15-2-1-12(21)9-14(15)22/h1-2,9-10,13H,3-8H2/i13D. The summed E-state index contributed by atoms with van der Waals surface area (Å²) in [7, 11) is 0. The maximum Gasteiger partial charge on any atom is 0.171 e. The van der Waals surface area contributed by atoms with Crippen molar-refractivity contribution in [3.8, 4) is 11.8 Å². The first-order valence-corrected chi connectivity index (χ1v) is 9.05. The molecule has 1 aromatic heterocycles. The van der Waals surface area contributed by atoms with E-state index in [1.807, 2.05) is 4.90 Å². The molecule has 2 fully saturated rings. The summed E-state index contributed by atoms with van der Waals surface area (Å²) in [5.41, 5.74) is 0.0335. The molecular weight excluding hydrogens is 374 g/mol. The highest BCUT2D eigenvalue weighted by atomic mass is 35.5. The maximum atomic E-state index is 13.8. The minimum atomic E-state index is -1.33. The number of nitrogens with zero attached hydrogens (tertiary/aromatic N) is 4. The van der Waals surface area contributed by atoms with E-state index >= 15 is 0 Å². The highest BCUT2D eigenvalue weighted by Crippen LogP contribution is 2.47. The van der Waals surface area contributed by atoms with Crippen LogP contribution >= 0.6 is 11.6 Å². The van der Waals surface area contributed by atoms with E-state index in [2.05, 4.69) is 16.0 Å². The Morgan fingerprint density at radius 1 is 1.33 bits per heavy atom. The first-order valence-electron chi connectivity index (χ1n) is 9.17. The van der Waals surface area contributed by atoms with Gasteiger partial charge >= 0.3 is 0 Å². The molecule has 1 aliphatic heterocycles. The predicted octanol–water partition coefficient (Wildman–Crippen LogP) is 4.01. The SMILES string of the molecule is [2H]C1(Oc2ccc(F)cc2F)CCN(c2ncc(C3(C#N)CC3)nc2Cl)CC1. The second-order valence-corrected chi connectivity index (χ2v) is 7.12. The molecule has 140 valence electrons. The number of hydrogen-bond donors (Lipinski definition) is 0. The zero-order chi connectivity index (χ0) is 19.9. The normalized spacial score (nSPS) is 20.5. The summed E-state index contributed by atoms with van der Waals surface area (Å²) >= 11 is 6.30. The number of hydrogen-bond acceptors (Lipinski definition) is 5.